The van der Waals surface area contributed by atoms with Crippen LogP contribution in [0, 0.1) is 5.92 Å². The SMILES string of the molecule is CCC(CC)C(I)(CC)/C(=C(/c1ccccc1)c1ccc(OCCN(C)C)cc1)c1ccccc1. The zero-order valence-electron chi connectivity index (χ0n) is 21.9. The second-order valence-electron chi connectivity index (χ2n) is 9.39. The monoisotopic (exact) mass is 581 g/mol. The molecule has 0 bridgehead atoms. The molecule has 0 heterocycles. The van der Waals surface area contributed by atoms with E-state index in [1.54, 1.807) is 0 Å². The Kier molecular flexibility index (Phi) is 10.4. The number of benzene rings is 3. The molecular formula is C32H40INO. The van der Waals surface area contributed by atoms with Crippen molar-refractivity contribution in [2.75, 3.05) is 27.2 Å². The largest absolute Gasteiger partial charge is 0.492 e. The molecule has 0 spiro atoms. The maximum atomic E-state index is 6.00. The van der Waals surface area contributed by atoms with Crippen LogP contribution in [-0.4, -0.2) is 35.6 Å². The average Bonchev–Trinajstić information content (AvgIpc) is 2.89. The van der Waals surface area contributed by atoms with Gasteiger partial charge in [-0.25, -0.2) is 0 Å². The number of hydrogen-bond acceptors (Lipinski definition) is 2. The normalized spacial score (nSPS) is 14.1. The number of halogens is 1. The van der Waals surface area contributed by atoms with E-state index in [9.17, 15) is 0 Å². The van der Waals surface area contributed by atoms with Gasteiger partial charge in [-0.3, -0.25) is 0 Å². The van der Waals surface area contributed by atoms with E-state index in [1.807, 2.05) is 0 Å². The number of ether oxygens (including phenoxy) is 1. The van der Waals surface area contributed by atoms with Gasteiger partial charge < -0.3 is 9.64 Å². The summed E-state index contributed by atoms with van der Waals surface area (Å²) in [4.78, 5) is 2.14. The van der Waals surface area contributed by atoms with Crippen molar-refractivity contribution in [2.45, 2.75) is 43.5 Å². The summed E-state index contributed by atoms with van der Waals surface area (Å²) in [6.45, 7) is 8.60. The van der Waals surface area contributed by atoms with Gasteiger partial charge in [0.15, 0.2) is 0 Å². The number of nitrogens with zero attached hydrogens (tertiary/aromatic N) is 1. The molecule has 35 heavy (non-hydrogen) atoms. The van der Waals surface area contributed by atoms with Crippen molar-refractivity contribution in [2.24, 2.45) is 5.92 Å². The van der Waals surface area contributed by atoms with Gasteiger partial charge in [0.25, 0.3) is 0 Å². The third-order valence-electron chi connectivity index (χ3n) is 6.89. The van der Waals surface area contributed by atoms with Gasteiger partial charge >= 0.3 is 0 Å². The number of hydrogen-bond donors (Lipinski definition) is 0. The van der Waals surface area contributed by atoms with E-state index in [1.165, 1.54) is 27.8 Å². The molecule has 1 unspecified atom stereocenters. The van der Waals surface area contributed by atoms with Crippen molar-refractivity contribution < 1.29 is 4.74 Å². The van der Waals surface area contributed by atoms with Crippen molar-refractivity contribution >= 4 is 33.7 Å². The molecule has 0 fully saturated rings. The van der Waals surface area contributed by atoms with Crippen molar-refractivity contribution in [1.29, 1.82) is 0 Å². The Labute approximate surface area is 226 Å². The predicted molar refractivity (Wildman–Crippen MR) is 160 cm³/mol. The summed E-state index contributed by atoms with van der Waals surface area (Å²) in [6.07, 6.45) is 3.39. The number of allylic oxidation sites excluding steroid dienone is 1. The molecule has 0 aliphatic heterocycles. The van der Waals surface area contributed by atoms with Gasteiger partial charge in [0, 0.05) is 6.54 Å². The molecule has 0 aliphatic carbocycles. The summed E-state index contributed by atoms with van der Waals surface area (Å²) in [5, 5.41) is 0. The first-order chi connectivity index (χ1) is 16.9. The highest BCUT2D eigenvalue weighted by Gasteiger charge is 2.39. The average molecular weight is 582 g/mol. The molecule has 0 amide bonds. The summed E-state index contributed by atoms with van der Waals surface area (Å²) in [6, 6.07) is 30.6. The second kappa shape index (κ2) is 13.3. The lowest BCUT2D eigenvalue weighted by atomic mass is 9.74. The van der Waals surface area contributed by atoms with E-state index in [-0.39, 0.29) is 3.42 Å². The zero-order chi connectivity index (χ0) is 25.3. The number of alkyl halides is 1. The fourth-order valence-corrected chi connectivity index (χ4v) is 6.39. The summed E-state index contributed by atoms with van der Waals surface area (Å²) >= 11 is 2.78. The van der Waals surface area contributed by atoms with Gasteiger partial charge in [-0.2, -0.15) is 0 Å². The molecule has 0 N–H and O–H groups in total. The van der Waals surface area contributed by atoms with Crippen molar-refractivity contribution in [1.82, 2.24) is 4.90 Å². The fourth-order valence-electron chi connectivity index (χ4n) is 4.93. The molecule has 3 aromatic rings. The van der Waals surface area contributed by atoms with E-state index in [0.29, 0.717) is 12.5 Å². The molecule has 3 rings (SSSR count). The number of likely N-dealkylation sites (N-methyl/N-ethyl adjacent to an activating group) is 1. The van der Waals surface area contributed by atoms with Gasteiger partial charge in [0.1, 0.15) is 12.4 Å². The lowest BCUT2D eigenvalue weighted by molar-refractivity contribution is 0.261. The Morgan fingerprint density at radius 3 is 1.77 bits per heavy atom. The van der Waals surface area contributed by atoms with Gasteiger partial charge in [-0.15, -0.1) is 0 Å². The van der Waals surface area contributed by atoms with Gasteiger partial charge in [0.05, 0.1) is 3.42 Å². The zero-order valence-corrected chi connectivity index (χ0v) is 24.1. The summed E-state index contributed by atoms with van der Waals surface area (Å²) in [7, 11) is 4.14. The third-order valence-corrected chi connectivity index (χ3v) is 9.07. The van der Waals surface area contributed by atoms with Crippen molar-refractivity contribution in [3.05, 3.63) is 102 Å². The van der Waals surface area contributed by atoms with Crippen LogP contribution in [0.3, 0.4) is 0 Å². The third kappa shape index (κ3) is 6.77. The Morgan fingerprint density at radius 1 is 0.771 bits per heavy atom. The summed E-state index contributed by atoms with van der Waals surface area (Å²) in [5.74, 6) is 1.50. The first-order valence-electron chi connectivity index (χ1n) is 12.9. The summed E-state index contributed by atoms with van der Waals surface area (Å²) < 4.78 is 6.01. The van der Waals surface area contributed by atoms with E-state index >= 15 is 0 Å². The van der Waals surface area contributed by atoms with Crippen LogP contribution >= 0.6 is 22.6 Å². The first-order valence-corrected chi connectivity index (χ1v) is 13.9. The quantitative estimate of drug-likeness (QED) is 0.121. The topological polar surface area (TPSA) is 12.5 Å². The molecular weight excluding hydrogens is 541 g/mol. The number of rotatable bonds is 12. The molecule has 0 saturated heterocycles. The predicted octanol–water partition coefficient (Wildman–Crippen LogP) is 8.61. The lowest BCUT2D eigenvalue weighted by Gasteiger charge is -2.39. The van der Waals surface area contributed by atoms with E-state index < -0.39 is 0 Å². The van der Waals surface area contributed by atoms with Crippen LogP contribution in [0.1, 0.15) is 56.7 Å². The Morgan fingerprint density at radius 2 is 1.29 bits per heavy atom. The van der Waals surface area contributed by atoms with E-state index in [0.717, 1.165) is 31.6 Å². The standard InChI is InChI=1S/C32H40INO/c1-6-28(7-2)32(33,8-3)31(27-17-13-10-14-18-27)30(25-15-11-9-12-16-25)26-19-21-29(22-20-26)35-24-23-34(4)5/h9-22,28H,6-8,23-24H2,1-5H3/b31-30-. The molecule has 0 radical (unpaired) electrons. The van der Waals surface area contributed by atoms with Crippen molar-refractivity contribution in [3.63, 3.8) is 0 Å². The molecule has 2 nitrogen and oxygen atoms in total. The highest BCUT2D eigenvalue weighted by Crippen LogP contribution is 2.51. The molecule has 0 aliphatic rings. The Hall–Kier alpha value is -2.11. The van der Waals surface area contributed by atoms with Gasteiger partial charge in [-0.1, -0.05) is 129 Å². The molecule has 0 aromatic heterocycles. The second-order valence-corrected chi connectivity index (χ2v) is 11.3. The first kappa shape index (κ1) is 27.5. The minimum atomic E-state index is 0.00860. The highest BCUT2D eigenvalue weighted by molar-refractivity contribution is 14.1. The van der Waals surface area contributed by atoms with Gasteiger partial charge in [-0.05, 0) is 66.4 Å². The maximum Gasteiger partial charge on any atom is 0.119 e. The molecule has 1 atom stereocenters. The van der Waals surface area contributed by atoms with E-state index in [4.69, 9.17) is 4.74 Å². The maximum absolute atomic E-state index is 6.00. The molecule has 3 aromatic carbocycles. The van der Waals surface area contributed by atoms with Gasteiger partial charge in [0.2, 0.25) is 0 Å². The van der Waals surface area contributed by atoms with Crippen LogP contribution < -0.4 is 4.74 Å². The van der Waals surface area contributed by atoms with Crippen LogP contribution in [0.4, 0.5) is 0 Å². The Balaban J connectivity index is 2.25. The van der Waals surface area contributed by atoms with Crippen molar-refractivity contribution in [3.8, 4) is 5.75 Å². The molecule has 3 heteroatoms. The van der Waals surface area contributed by atoms with E-state index in [2.05, 4.69) is 147 Å². The Bertz CT molecular complexity index is 1060. The van der Waals surface area contributed by atoms with Crippen LogP contribution in [0.2, 0.25) is 0 Å². The van der Waals surface area contributed by atoms with Crippen LogP contribution in [0.15, 0.2) is 84.9 Å². The highest BCUT2D eigenvalue weighted by atomic mass is 127. The minimum absolute atomic E-state index is 0.00860. The fraction of sp³-hybridized carbons (Fsp3) is 0.375. The van der Waals surface area contributed by atoms with Crippen LogP contribution in [-0.2, 0) is 0 Å². The lowest BCUT2D eigenvalue weighted by Crippen LogP contribution is -2.32. The molecule has 0 saturated carbocycles. The summed E-state index contributed by atoms with van der Waals surface area (Å²) in [5.41, 5.74) is 6.55. The van der Waals surface area contributed by atoms with Crippen LogP contribution in [0.25, 0.3) is 11.1 Å². The van der Waals surface area contributed by atoms with Crippen LogP contribution in [0.5, 0.6) is 5.75 Å². The molecule has 186 valence electrons. The smallest absolute Gasteiger partial charge is 0.119 e. The minimum Gasteiger partial charge on any atom is -0.492 e.